The number of nitrogens with zero attached hydrogens (tertiary/aromatic N) is 2. The number of carbonyl (C=O) groups is 1. The van der Waals surface area contributed by atoms with Gasteiger partial charge in [0.2, 0.25) is 0 Å². The first-order valence-electron chi connectivity index (χ1n) is 13.8. The van der Waals surface area contributed by atoms with Crippen LogP contribution in [-0.4, -0.2) is 17.6 Å². The number of methoxy groups -OCH3 is 1. The number of rotatable bonds is 5. The van der Waals surface area contributed by atoms with Crippen molar-refractivity contribution in [3.63, 3.8) is 0 Å². The van der Waals surface area contributed by atoms with Crippen molar-refractivity contribution in [1.29, 1.82) is 0 Å². The third-order valence-corrected chi connectivity index (χ3v) is 9.11. The Balaban J connectivity index is 1.26. The molecule has 0 radical (unpaired) electrons. The predicted molar refractivity (Wildman–Crippen MR) is 169 cm³/mol. The molecule has 1 atom stereocenters. The number of hydrogen-bond acceptors (Lipinski definition) is 6. The van der Waals surface area contributed by atoms with Crippen molar-refractivity contribution in [3.8, 4) is 11.5 Å². The Morgan fingerprint density at radius 2 is 1.65 bits per heavy atom. The van der Waals surface area contributed by atoms with Gasteiger partial charge in [-0.2, -0.15) is 0 Å². The fraction of sp³-hybridized carbons (Fsp3) is 0.114. The summed E-state index contributed by atoms with van der Waals surface area (Å²) in [6, 6.07) is 29.5. The van der Waals surface area contributed by atoms with Gasteiger partial charge in [-0.1, -0.05) is 77.5 Å². The van der Waals surface area contributed by atoms with E-state index in [1.54, 1.807) is 48.1 Å². The Labute approximate surface area is 256 Å². The van der Waals surface area contributed by atoms with E-state index in [9.17, 15) is 9.59 Å². The molecule has 0 N–H and O–H groups in total. The summed E-state index contributed by atoms with van der Waals surface area (Å²) in [7, 11) is 1.57. The summed E-state index contributed by atoms with van der Waals surface area (Å²) >= 11 is 8.10. The molecule has 0 fully saturated rings. The van der Waals surface area contributed by atoms with Gasteiger partial charge in [0.05, 0.1) is 28.9 Å². The average Bonchev–Trinajstić information content (AvgIpc) is 3.35. The number of carbonyl (C=O) groups excluding carboxylic acids is 1. The van der Waals surface area contributed by atoms with Gasteiger partial charge in [0.1, 0.15) is 11.5 Å². The van der Waals surface area contributed by atoms with E-state index in [-0.39, 0.29) is 11.6 Å². The average molecular weight is 605 g/mol. The maximum absolute atomic E-state index is 14.0. The van der Waals surface area contributed by atoms with E-state index < -0.39 is 5.97 Å². The summed E-state index contributed by atoms with van der Waals surface area (Å²) in [5.74, 6) is 0.604. The third kappa shape index (κ3) is 5.01. The molecule has 1 aliphatic carbocycles. The predicted octanol–water partition coefficient (Wildman–Crippen LogP) is 6.20. The molecule has 0 saturated carbocycles. The van der Waals surface area contributed by atoms with Gasteiger partial charge in [0.15, 0.2) is 4.80 Å². The van der Waals surface area contributed by atoms with Crippen LogP contribution in [0, 0.1) is 0 Å². The minimum Gasteiger partial charge on any atom is -0.497 e. The van der Waals surface area contributed by atoms with Crippen LogP contribution in [0.3, 0.4) is 0 Å². The number of esters is 1. The number of thiazole rings is 1. The van der Waals surface area contributed by atoms with E-state index in [1.165, 1.54) is 16.9 Å². The fourth-order valence-electron chi connectivity index (χ4n) is 5.67. The second-order valence-corrected chi connectivity index (χ2v) is 11.7. The van der Waals surface area contributed by atoms with Crippen LogP contribution >= 0.6 is 22.9 Å². The second kappa shape index (κ2) is 11.2. The normalized spacial score (nSPS) is 15.7. The second-order valence-electron chi connectivity index (χ2n) is 10.3. The molecule has 8 heteroatoms. The molecule has 0 amide bonds. The molecule has 7 rings (SSSR count). The Bertz CT molecular complexity index is 2090. The largest absolute Gasteiger partial charge is 0.497 e. The first-order chi connectivity index (χ1) is 21.0. The Kier molecular flexibility index (Phi) is 7.05. The number of allylic oxidation sites excluding steroid dienone is 1. The van der Waals surface area contributed by atoms with Gasteiger partial charge in [0, 0.05) is 10.6 Å². The Morgan fingerprint density at radius 1 is 0.930 bits per heavy atom. The van der Waals surface area contributed by atoms with E-state index in [0.717, 1.165) is 40.8 Å². The van der Waals surface area contributed by atoms with Crippen molar-refractivity contribution in [1.82, 2.24) is 4.57 Å². The van der Waals surface area contributed by atoms with Crippen LogP contribution in [0.25, 0.3) is 11.8 Å². The SMILES string of the molecule is COc1ccc(C(=O)Oc2ccc(/C=c3\sc4n(c3=O)[C@H](c3ccccc3Cl)C3=C(N=4)c4ccccc4CC3)cc2)cc1. The van der Waals surface area contributed by atoms with Crippen molar-refractivity contribution in [2.75, 3.05) is 7.11 Å². The zero-order chi connectivity index (χ0) is 29.5. The monoisotopic (exact) mass is 604 g/mol. The molecule has 0 saturated heterocycles. The Morgan fingerprint density at radius 3 is 2.42 bits per heavy atom. The smallest absolute Gasteiger partial charge is 0.343 e. The number of benzene rings is 4. The summed E-state index contributed by atoms with van der Waals surface area (Å²) in [5.41, 5.74) is 6.41. The number of halogens is 1. The van der Waals surface area contributed by atoms with Crippen LogP contribution in [0.4, 0.5) is 0 Å². The lowest BCUT2D eigenvalue weighted by Crippen LogP contribution is -2.38. The highest BCUT2D eigenvalue weighted by atomic mass is 35.5. The highest BCUT2D eigenvalue weighted by molar-refractivity contribution is 7.07. The lowest BCUT2D eigenvalue weighted by molar-refractivity contribution is 0.0734. The topological polar surface area (TPSA) is 69.9 Å². The number of fused-ring (bicyclic) bond motifs is 3. The molecular weight excluding hydrogens is 580 g/mol. The molecule has 4 aromatic carbocycles. The number of aryl methyl sites for hydroxylation is 1. The van der Waals surface area contributed by atoms with Crippen LogP contribution < -0.4 is 24.4 Å². The number of aromatic nitrogens is 1. The Hall–Kier alpha value is -4.72. The molecule has 6 nitrogen and oxygen atoms in total. The maximum Gasteiger partial charge on any atom is 0.343 e. The van der Waals surface area contributed by atoms with Crippen LogP contribution in [0.5, 0.6) is 11.5 Å². The lowest BCUT2D eigenvalue weighted by atomic mass is 9.83. The standard InChI is InChI=1S/C35H25ClN2O4S/c1-41-24-17-12-23(13-18-24)34(40)42-25-15-10-21(11-16-25)20-30-33(39)38-32(27-8-4-5-9-29(27)36)28-19-14-22-6-2-3-7-26(22)31(28)37-35(38)43-30/h2-13,15-18,20,32H,14,19H2,1H3/b30-20-/t32-/m1/s1. The quantitative estimate of drug-likeness (QED) is 0.177. The van der Waals surface area contributed by atoms with Gasteiger partial charge in [-0.05, 0) is 83.6 Å². The maximum atomic E-state index is 14.0. The fourth-order valence-corrected chi connectivity index (χ4v) is 6.91. The number of hydrogen-bond donors (Lipinski definition) is 0. The van der Waals surface area contributed by atoms with E-state index in [0.29, 0.717) is 31.4 Å². The highest BCUT2D eigenvalue weighted by Crippen LogP contribution is 2.42. The van der Waals surface area contributed by atoms with Gasteiger partial charge in [-0.15, -0.1) is 0 Å². The van der Waals surface area contributed by atoms with Crippen LogP contribution in [0.15, 0.2) is 112 Å². The van der Waals surface area contributed by atoms with Crippen LogP contribution in [-0.2, 0) is 6.42 Å². The highest BCUT2D eigenvalue weighted by Gasteiger charge is 2.33. The third-order valence-electron chi connectivity index (χ3n) is 7.79. The van der Waals surface area contributed by atoms with Gasteiger partial charge in [-0.25, -0.2) is 9.79 Å². The van der Waals surface area contributed by atoms with E-state index in [4.69, 9.17) is 26.1 Å². The minimum atomic E-state index is -0.464. The van der Waals surface area contributed by atoms with Crippen molar-refractivity contribution in [2.24, 2.45) is 4.99 Å². The van der Waals surface area contributed by atoms with Gasteiger partial charge in [-0.3, -0.25) is 9.36 Å². The van der Waals surface area contributed by atoms with Crippen LogP contribution in [0.1, 0.15) is 45.1 Å². The van der Waals surface area contributed by atoms with Gasteiger partial charge < -0.3 is 9.47 Å². The first kappa shape index (κ1) is 27.1. The molecule has 212 valence electrons. The number of ether oxygens (including phenoxy) is 2. The molecule has 2 aliphatic rings. The summed E-state index contributed by atoms with van der Waals surface area (Å²) < 4.78 is 13.0. The minimum absolute atomic E-state index is 0.117. The van der Waals surface area contributed by atoms with E-state index in [1.807, 2.05) is 48.5 Å². The van der Waals surface area contributed by atoms with Gasteiger partial charge in [0.25, 0.3) is 5.56 Å². The molecule has 5 aromatic rings. The molecule has 43 heavy (non-hydrogen) atoms. The van der Waals surface area contributed by atoms with Gasteiger partial charge >= 0.3 is 5.97 Å². The van der Waals surface area contributed by atoms with Crippen LogP contribution in [0.2, 0.25) is 5.02 Å². The summed E-state index contributed by atoms with van der Waals surface area (Å²) in [6.07, 6.45) is 3.52. The van der Waals surface area contributed by atoms with Crippen molar-refractivity contribution >= 4 is 40.7 Å². The van der Waals surface area contributed by atoms with Crippen molar-refractivity contribution in [2.45, 2.75) is 18.9 Å². The zero-order valence-electron chi connectivity index (χ0n) is 23.1. The molecule has 0 spiro atoms. The molecule has 1 aliphatic heterocycles. The summed E-state index contributed by atoms with van der Waals surface area (Å²) in [4.78, 5) is 32.2. The molecule has 1 aromatic heterocycles. The first-order valence-corrected chi connectivity index (χ1v) is 15.0. The van der Waals surface area contributed by atoms with E-state index in [2.05, 4.69) is 18.2 Å². The lowest BCUT2D eigenvalue weighted by Gasteiger charge is -2.31. The summed E-state index contributed by atoms with van der Waals surface area (Å²) in [5, 5.41) is 0.620. The van der Waals surface area contributed by atoms with Crippen molar-refractivity contribution < 1.29 is 14.3 Å². The zero-order valence-corrected chi connectivity index (χ0v) is 24.7. The molecule has 2 heterocycles. The molecule has 0 unspecified atom stereocenters. The van der Waals surface area contributed by atoms with E-state index >= 15 is 0 Å². The molecular formula is C35H25ClN2O4S. The van der Waals surface area contributed by atoms with Crippen molar-refractivity contribution in [3.05, 3.63) is 155 Å². The molecule has 0 bridgehead atoms. The summed E-state index contributed by atoms with van der Waals surface area (Å²) in [6.45, 7) is 0.